The van der Waals surface area contributed by atoms with Gasteiger partial charge in [-0.15, -0.1) is 0 Å². The van der Waals surface area contributed by atoms with Crippen LogP contribution >= 0.6 is 0 Å². The van der Waals surface area contributed by atoms with E-state index >= 15 is 0 Å². The summed E-state index contributed by atoms with van der Waals surface area (Å²) < 4.78 is 32.0. The van der Waals surface area contributed by atoms with Crippen molar-refractivity contribution in [3.63, 3.8) is 0 Å². The van der Waals surface area contributed by atoms with Crippen molar-refractivity contribution in [1.29, 1.82) is 0 Å². The van der Waals surface area contributed by atoms with E-state index in [9.17, 15) is 28.1 Å². The number of nitrogens with one attached hydrogen (secondary N) is 1. The fraction of sp³-hybridized carbons (Fsp3) is 0.310. The summed E-state index contributed by atoms with van der Waals surface area (Å²) in [6.45, 7) is 2.91. The number of carbonyl (C=O) groups excluding carboxylic acids is 2. The molecule has 1 unspecified atom stereocenters. The normalized spacial score (nSPS) is 11.9. The molecule has 0 spiro atoms. The monoisotopic (exact) mass is 582 g/mol. The lowest BCUT2D eigenvalue weighted by molar-refractivity contribution is -0.384. The fourth-order valence-corrected chi connectivity index (χ4v) is 5.14. The second-order valence-corrected chi connectivity index (χ2v) is 11.7. The smallest absolute Gasteiger partial charge is 0.271 e. The van der Waals surface area contributed by atoms with Crippen LogP contribution in [0.1, 0.15) is 25.0 Å². The Hall–Kier alpha value is -4.45. The lowest BCUT2D eigenvalue weighted by Crippen LogP contribution is -2.54. The SMILES string of the molecule is COc1ccc([N+](=O)[O-])cc1N(CC(=O)N(Cc1ccccc1)C(Cc1ccccc1)C(=O)NC(C)C)S(C)(=O)=O. The zero-order valence-corrected chi connectivity index (χ0v) is 24.2. The maximum Gasteiger partial charge on any atom is 0.271 e. The molecule has 0 aliphatic rings. The van der Waals surface area contributed by atoms with Crippen LogP contribution in [-0.2, 0) is 32.6 Å². The Morgan fingerprint density at radius 1 is 0.976 bits per heavy atom. The van der Waals surface area contributed by atoms with E-state index in [4.69, 9.17) is 4.74 Å². The predicted molar refractivity (Wildman–Crippen MR) is 156 cm³/mol. The maximum absolute atomic E-state index is 14.1. The molecule has 0 aliphatic carbocycles. The first kappa shape index (κ1) is 31.1. The first-order valence-corrected chi connectivity index (χ1v) is 14.7. The second kappa shape index (κ2) is 13.8. The molecule has 41 heavy (non-hydrogen) atoms. The fourth-order valence-electron chi connectivity index (χ4n) is 4.30. The molecule has 1 atom stereocenters. The number of nitro groups is 1. The molecule has 0 aromatic heterocycles. The Morgan fingerprint density at radius 2 is 1.56 bits per heavy atom. The molecule has 218 valence electrons. The van der Waals surface area contributed by atoms with Crippen LogP contribution in [0.4, 0.5) is 11.4 Å². The summed E-state index contributed by atoms with van der Waals surface area (Å²) >= 11 is 0. The molecule has 11 nitrogen and oxygen atoms in total. The number of nitro benzene ring substituents is 1. The van der Waals surface area contributed by atoms with Gasteiger partial charge in [0.1, 0.15) is 24.0 Å². The standard InChI is InChI=1S/C29H34N4O7S/c1-21(2)30-29(35)26(17-22-11-7-5-8-12-22)31(19-23-13-9-6-10-14-23)28(34)20-32(41(4,38)39)25-18-24(33(36)37)15-16-27(25)40-3/h5-16,18,21,26H,17,19-20H2,1-4H3,(H,30,35). The van der Waals surface area contributed by atoms with Gasteiger partial charge in [0.2, 0.25) is 21.8 Å². The van der Waals surface area contributed by atoms with Crippen LogP contribution in [0.25, 0.3) is 0 Å². The van der Waals surface area contributed by atoms with Gasteiger partial charge in [0.05, 0.1) is 18.3 Å². The third kappa shape index (κ3) is 8.52. The van der Waals surface area contributed by atoms with Crippen LogP contribution in [-0.4, -0.2) is 62.0 Å². The molecule has 12 heteroatoms. The summed E-state index contributed by atoms with van der Waals surface area (Å²) in [6.07, 6.45) is 1.07. The number of anilines is 1. The van der Waals surface area contributed by atoms with E-state index in [1.807, 2.05) is 36.4 Å². The molecule has 0 saturated heterocycles. The van der Waals surface area contributed by atoms with E-state index in [0.29, 0.717) is 0 Å². The summed E-state index contributed by atoms with van der Waals surface area (Å²) in [5.74, 6) is -1.04. The van der Waals surface area contributed by atoms with Crippen molar-refractivity contribution < 1.29 is 27.7 Å². The third-order valence-corrected chi connectivity index (χ3v) is 7.35. The molecular formula is C29H34N4O7S. The van der Waals surface area contributed by atoms with Crippen LogP contribution in [0.2, 0.25) is 0 Å². The van der Waals surface area contributed by atoms with Gasteiger partial charge in [-0.25, -0.2) is 8.42 Å². The zero-order chi connectivity index (χ0) is 30.2. The van der Waals surface area contributed by atoms with E-state index < -0.39 is 39.3 Å². The van der Waals surface area contributed by atoms with E-state index in [1.165, 1.54) is 24.1 Å². The molecular weight excluding hydrogens is 548 g/mol. The van der Waals surface area contributed by atoms with Crippen LogP contribution < -0.4 is 14.4 Å². The van der Waals surface area contributed by atoms with E-state index in [0.717, 1.165) is 27.8 Å². The third-order valence-electron chi connectivity index (χ3n) is 6.22. The number of carbonyl (C=O) groups is 2. The number of rotatable bonds is 13. The highest BCUT2D eigenvalue weighted by molar-refractivity contribution is 7.92. The molecule has 3 rings (SSSR count). The first-order chi connectivity index (χ1) is 19.4. The van der Waals surface area contributed by atoms with E-state index in [1.54, 1.807) is 38.1 Å². The van der Waals surface area contributed by atoms with E-state index in [2.05, 4.69) is 5.32 Å². The molecule has 1 N–H and O–H groups in total. The van der Waals surface area contributed by atoms with Crippen molar-refractivity contribution in [1.82, 2.24) is 10.2 Å². The van der Waals surface area contributed by atoms with Crippen LogP contribution in [0.15, 0.2) is 78.9 Å². The quantitative estimate of drug-likeness (QED) is 0.240. The van der Waals surface area contributed by atoms with Gasteiger partial charge in [0, 0.05) is 31.1 Å². The summed E-state index contributed by atoms with van der Waals surface area (Å²) in [4.78, 5) is 39.8. The van der Waals surface area contributed by atoms with Crippen molar-refractivity contribution in [2.24, 2.45) is 0 Å². The van der Waals surface area contributed by atoms with Crippen LogP contribution in [0, 0.1) is 10.1 Å². The number of benzene rings is 3. The summed E-state index contributed by atoms with van der Waals surface area (Å²) in [5.41, 5.74) is 1.00. The number of hydrogen-bond acceptors (Lipinski definition) is 7. The van der Waals surface area contributed by atoms with Crippen molar-refractivity contribution in [3.8, 4) is 5.75 Å². The first-order valence-electron chi connectivity index (χ1n) is 12.9. The van der Waals surface area contributed by atoms with Crippen LogP contribution in [0.3, 0.4) is 0 Å². The molecule has 0 fully saturated rings. The predicted octanol–water partition coefficient (Wildman–Crippen LogP) is 3.53. The summed E-state index contributed by atoms with van der Waals surface area (Å²) in [7, 11) is -2.84. The highest BCUT2D eigenvalue weighted by Crippen LogP contribution is 2.34. The van der Waals surface area contributed by atoms with Crippen molar-refractivity contribution in [2.45, 2.75) is 38.9 Å². The molecule has 0 aliphatic heterocycles. The number of sulfonamides is 1. The van der Waals surface area contributed by atoms with Crippen molar-refractivity contribution >= 4 is 33.2 Å². The molecule has 3 aromatic carbocycles. The van der Waals surface area contributed by atoms with Crippen LogP contribution in [0.5, 0.6) is 5.75 Å². The Bertz CT molecular complexity index is 1460. The summed E-state index contributed by atoms with van der Waals surface area (Å²) in [6, 6.07) is 20.5. The minimum Gasteiger partial charge on any atom is -0.495 e. The van der Waals surface area contributed by atoms with E-state index in [-0.39, 0.29) is 36.1 Å². The minimum atomic E-state index is -4.14. The van der Waals surface area contributed by atoms with Gasteiger partial charge in [-0.3, -0.25) is 24.0 Å². The molecule has 0 saturated carbocycles. The molecule has 0 radical (unpaired) electrons. The molecule has 2 amide bonds. The Morgan fingerprint density at radius 3 is 2.07 bits per heavy atom. The van der Waals surface area contributed by atoms with Gasteiger partial charge in [-0.2, -0.15) is 0 Å². The molecule has 0 heterocycles. The maximum atomic E-state index is 14.1. The average Bonchev–Trinajstić information content (AvgIpc) is 2.93. The highest BCUT2D eigenvalue weighted by atomic mass is 32.2. The average molecular weight is 583 g/mol. The Balaban J connectivity index is 2.11. The van der Waals surface area contributed by atoms with Gasteiger partial charge in [0.25, 0.3) is 5.69 Å². The van der Waals surface area contributed by atoms with Gasteiger partial charge < -0.3 is 15.0 Å². The largest absolute Gasteiger partial charge is 0.495 e. The van der Waals surface area contributed by atoms with Gasteiger partial charge in [-0.1, -0.05) is 60.7 Å². The number of non-ortho nitro benzene ring substituents is 1. The Labute approximate surface area is 239 Å². The molecule has 3 aromatic rings. The second-order valence-electron chi connectivity index (χ2n) is 9.76. The number of methoxy groups -OCH3 is 1. The minimum absolute atomic E-state index is 0.0202. The lowest BCUT2D eigenvalue weighted by Gasteiger charge is -2.34. The number of nitrogens with zero attached hydrogens (tertiary/aromatic N) is 3. The molecule has 0 bridgehead atoms. The number of amides is 2. The van der Waals surface area contributed by atoms with Gasteiger partial charge in [-0.05, 0) is 31.0 Å². The van der Waals surface area contributed by atoms with Gasteiger partial charge in [0.15, 0.2) is 0 Å². The van der Waals surface area contributed by atoms with Gasteiger partial charge >= 0.3 is 0 Å². The highest BCUT2D eigenvalue weighted by Gasteiger charge is 2.34. The zero-order valence-electron chi connectivity index (χ0n) is 23.4. The Kier molecular flexibility index (Phi) is 10.4. The lowest BCUT2D eigenvalue weighted by atomic mass is 10.0. The van der Waals surface area contributed by atoms with Crippen molar-refractivity contribution in [3.05, 3.63) is 100 Å². The van der Waals surface area contributed by atoms with Crippen molar-refractivity contribution in [2.75, 3.05) is 24.2 Å². The summed E-state index contributed by atoms with van der Waals surface area (Å²) in [5, 5.41) is 14.3. The topological polar surface area (TPSA) is 139 Å². The number of hydrogen-bond donors (Lipinski definition) is 1. The number of ether oxygens (including phenoxy) is 1.